The van der Waals surface area contributed by atoms with Crippen LogP contribution in [0.3, 0.4) is 0 Å². The number of hydrogen-bond acceptors (Lipinski definition) is 3. The molecule has 0 spiro atoms. The number of nitrogens with zero attached hydrogens (tertiary/aromatic N) is 3. The number of fused-ring (bicyclic) bond motifs is 1. The molecule has 1 aromatic heterocycles. The number of aromatic nitrogens is 3. The molecule has 216 valence electrons. The number of benzene rings is 7. The summed E-state index contributed by atoms with van der Waals surface area (Å²) in [5.41, 5.74) is 9.84. The van der Waals surface area contributed by atoms with Crippen molar-refractivity contribution in [1.29, 1.82) is 0 Å². The Labute approximate surface area is 268 Å². The normalized spacial score (nSPS) is 11.0. The lowest BCUT2D eigenvalue weighted by Crippen LogP contribution is -2.00. The average Bonchev–Trinajstić information content (AvgIpc) is 3.15. The van der Waals surface area contributed by atoms with Crippen LogP contribution in [0.5, 0.6) is 0 Å². The predicted octanol–water partition coefficient (Wildman–Crippen LogP) is 11.0. The Balaban J connectivity index is 1.38. The van der Waals surface area contributed by atoms with Gasteiger partial charge in [-0.05, 0) is 57.0 Å². The second-order valence-corrected chi connectivity index (χ2v) is 11.3. The van der Waals surface area contributed by atoms with Crippen LogP contribution in [0, 0.1) is 0 Å². The molecule has 0 radical (unpaired) electrons. The Kier molecular flexibility index (Phi) is 7.18. The van der Waals surface area contributed by atoms with Gasteiger partial charge in [0.25, 0.3) is 0 Å². The van der Waals surface area contributed by atoms with E-state index in [1.165, 1.54) is 22.3 Å². The molecule has 0 saturated heterocycles. The minimum Gasteiger partial charge on any atom is -0.208 e. The second-order valence-electron chi connectivity index (χ2n) is 11.3. The zero-order chi connectivity index (χ0) is 30.7. The molecular formula is C43H29N3. The fourth-order valence-corrected chi connectivity index (χ4v) is 6.07. The van der Waals surface area contributed by atoms with E-state index < -0.39 is 0 Å². The van der Waals surface area contributed by atoms with Gasteiger partial charge in [-0.1, -0.05) is 158 Å². The first-order valence-corrected chi connectivity index (χ1v) is 15.5. The minimum absolute atomic E-state index is 0.647. The van der Waals surface area contributed by atoms with Gasteiger partial charge in [0.2, 0.25) is 0 Å². The molecular weight excluding hydrogens is 558 g/mol. The van der Waals surface area contributed by atoms with Gasteiger partial charge in [-0.15, -0.1) is 0 Å². The predicted molar refractivity (Wildman–Crippen MR) is 190 cm³/mol. The first kappa shape index (κ1) is 27.4. The summed E-state index contributed by atoms with van der Waals surface area (Å²) in [5.74, 6) is 1.95. The summed E-state index contributed by atoms with van der Waals surface area (Å²) in [6, 6.07) is 61.2. The molecule has 0 atom stereocenters. The van der Waals surface area contributed by atoms with Gasteiger partial charge in [-0.3, -0.25) is 0 Å². The highest BCUT2D eigenvalue weighted by Gasteiger charge is 2.17. The quantitative estimate of drug-likeness (QED) is 0.194. The highest BCUT2D eigenvalue weighted by Crippen LogP contribution is 2.39. The maximum absolute atomic E-state index is 5.09. The summed E-state index contributed by atoms with van der Waals surface area (Å²) in [5, 5.41) is 2.24. The van der Waals surface area contributed by atoms with E-state index >= 15 is 0 Å². The van der Waals surface area contributed by atoms with E-state index in [2.05, 4.69) is 115 Å². The van der Waals surface area contributed by atoms with Crippen LogP contribution in [0.1, 0.15) is 0 Å². The van der Waals surface area contributed by atoms with Crippen molar-refractivity contribution in [2.75, 3.05) is 0 Å². The standard InChI is InChI=1S/C43H29N3/c1-5-15-30(16-6-1)35-27-36(31-17-7-2-8-18-31)29-37(28-35)38-25-13-23-32-24-14-26-39(40(32)38)43-45-41(33-19-9-3-10-20-33)44-42(46-43)34-21-11-4-12-22-34/h1-29H. The first-order chi connectivity index (χ1) is 22.8. The van der Waals surface area contributed by atoms with Crippen LogP contribution < -0.4 is 0 Å². The Morgan fingerprint density at radius 2 is 0.652 bits per heavy atom. The summed E-state index contributed by atoms with van der Waals surface area (Å²) in [4.78, 5) is 15.1. The van der Waals surface area contributed by atoms with Crippen LogP contribution in [-0.2, 0) is 0 Å². The molecule has 0 N–H and O–H groups in total. The third-order valence-electron chi connectivity index (χ3n) is 8.30. The number of hydrogen-bond donors (Lipinski definition) is 0. The fraction of sp³-hybridized carbons (Fsp3) is 0. The molecule has 3 nitrogen and oxygen atoms in total. The van der Waals surface area contributed by atoms with Gasteiger partial charge in [0.15, 0.2) is 17.5 Å². The molecule has 0 unspecified atom stereocenters. The summed E-state index contributed by atoms with van der Waals surface area (Å²) in [6.07, 6.45) is 0. The molecule has 0 bridgehead atoms. The van der Waals surface area contributed by atoms with E-state index in [1.807, 2.05) is 60.7 Å². The highest BCUT2D eigenvalue weighted by molar-refractivity contribution is 6.06. The van der Waals surface area contributed by atoms with Crippen LogP contribution in [0.2, 0.25) is 0 Å². The SMILES string of the molecule is c1ccc(-c2cc(-c3ccccc3)cc(-c3cccc4cccc(-c5nc(-c6ccccc6)nc(-c6ccccc6)n5)c34)c2)cc1. The monoisotopic (exact) mass is 587 g/mol. The van der Waals surface area contributed by atoms with E-state index in [9.17, 15) is 0 Å². The van der Waals surface area contributed by atoms with Crippen molar-refractivity contribution in [3.05, 3.63) is 176 Å². The molecule has 0 saturated carbocycles. The fourth-order valence-electron chi connectivity index (χ4n) is 6.07. The lowest BCUT2D eigenvalue weighted by Gasteiger charge is -2.16. The Bertz CT molecular complexity index is 2010. The molecule has 46 heavy (non-hydrogen) atoms. The summed E-state index contributed by atoms with van der Waals surface area (Å²) >= 11 is 0. The molecule has 0 fully saturated rings. The Morgan fingerprint density at radius 1 is 0.261 bits per heavy atom. The molecule has 0 aliphatic carbocycles. The average molecular weight is 588 g/mol. The van der Waals surface area contributed by atoms with Crippen LogP contribution in [-0.4, -0.2) is 15.0 Å². The van der Waals surface area contributed by atoms with Crippen molar-refractivity contribution in [1.82, 2.24) is 15.0 Å². The van der Waals surface area contributed by atoms with Crippen molar-refractivity contribution in [3.8, 4) is 67.5 Å². The molecule has 3 heteroatoms. The topological polar surface area (TPSA) is 38.7 Å². The minimum atomic E-state index is 0.647. The Hall–Kier alpha value is -6.19. The van der Waals surface area contributed by atoms with Gasteiger partial charge in [0.1, 0.15) is 0 Å². The maximum Gasteiger partial charge on any atom is 0.164 e. The molecule has 0 amide bonds. The van der Waals surface area contributed by atoms with Crippen LogP contribution >= 0.6 is 0 Å². The van der Waals surface area contributed by atoms with Crippen molar-refractivity contribution < 1.29 is 0 Å². The molecule has 0 aliphatic rings. The van der Waals surface area contributed by atoms with Gasteiger partial charge in [0.05, 0.1) is 0 Å². The zero-order valence-electron chi connectivity index (χ0n) is 25.1. The van der Waals surface area contributed by atoms with Gasteiger partial charge < -0.3 is 0 Å². The molecule has 0 aliphatic heterocycles. The number of rotatable bonds is 6. The zero-order valence-corrected chi connectivity index (χ0v) is 25.1. The lowest BCUT2D eigenvalue weighted by molar-refractivity contribution is 1.08. The van der Waals surface area contributed by atoms with E-state index in [0.717, 1.165) is 38.6 Å². The highest BCUT2D eigenvalue weighted by atomic mass is 15.0. The summed E-state index contributed by atoms with van der Waals surface area (Å²) in [6.45, 7) is 0. The van der Waals surface area contributed by atoms with Gasteiger partial charge in [-0.2, -0.15) is 0 Å². The van der Waals surface area contributed by atoms with Gasteiger partial charge in [-0.25, -0.2) is 15.0 Å². The van der Waals surface area contributed by atoms with Crippen molar-refractivity contribution in [2.45, 2.75) is 0 Å². The smallest absolute Gasteiger partial charge is 0.164 e. The van der Waals surface area contributed by atoms with Crippen LogP contribution in [0.15, 0.2) is 176 Å². The third-order valence-corrected chi connectivity index (χ3v) is 8.30. The molecule has 8 aromatic rings. The Morgan fingerprint density at radius 3 is 1.13 bits per heavy atom. The van der Waals surface area contributed by atoms with E-state index in [-0.39, 0.29) is 0 Å². The van der Waals surface area contributed by atoms with Crippen LogP contribution in [0.4, 0.5) is 0 Å². The summed E-state index contributed by atoms with van der Waals surface area (Å²) < 4.78 is 0. The van der Waals surface area contributed by atoms with E-state index in [0.29, 0.717) is 17.5 Å². The summed E-state index contributed by atoms with van der Waals surface area (Å²) in [7, 11) is 0. The van der Waals surface area contributed by atoms with Gasteiger partial charge in [0, 0.05) is 22.1 Å². The molecule has 8 rings (SSSR count). The first-order valence-electron chi connectivity index (χ1n) is 15.5. The van der Waals surface area contributed by atoms with Gasteiger partial charge >= 0.3 is 0 Å². The maximum atomic E-state index is 5.09. The largest absolute Gasteiger partial charge is 0.208 e. The second kappa shape index (κ2) is 12.1. The van der Waals surface area contributed by atoms with Crippen molar-refractivity contribution in [3.63, 3.8) is 0 Å². The van der Waals surface area contributed by atoms with Crippen molar-refractivity contribution >= 4 is 10.8 Å². The van der Waals surface area contributed by atoms with E-state index in [1.54, 1.807) is 0 Å². The van der Waals surface area contributed by atoms with Crippen LogP contribution in [0.25, 0.3) is 78.3 Å². The van der Waals surface area contributed by atoms with Crippen molar-refractivity contribution in [2.24, 2.45) is 0 Å². The third kappa shape index (κ3) is 5.36. The lowest BCUT2D eigenvalue weighted by atomic mass is 9.89. The van der Waals surface area contributed by atoms with E-state index in [4.69, 9.17) is 15.0 Å². The molecule has 1 heterocycles. The molecule has 7 aromatic carbocycles.